The molecule has 0 atom stereocenters. The van der Waals surface area contributed by atoms with Crippen LogP contribution in [0.15, 0.2) is 22.8 Å². The van der Waals surface area contributed by atoms with Gasteiger partial charge >= 0.3 is 6.09 Å². The van der Waals surface area contributed by atoms with Crippen LogP contribution in [0.2, 0.25) is 0 Å². The van der Waals surface area contributed by atoms with Crippen LogP contribution in [-0.4, -0.2) is 25.0 Å². The fourth-order valence-corrected chi connectivity index (χ4v) is 0.859. The Kier molecular flexibility index (Phi) is 3.72. The highest BCUT2D eigenvalue weighted by Crippen LogP contribution is 1.99. The molecule has 0 bridgehead atoms. The minimum atomic E-state index is -0.604. The largest absolute Gasteiger partial charge is 0.461 e. The molecule has 0 aromatic carbocycles. The van der Waals surface area contributed by atoms with E-state index in [1.165, 1.54) is 12.3 Å². The van der Waals surface area contributed by atoms with E-state index in [-0.39, 0.29) is 24.7 Å². The Hall–Kier alpha value is -1.78. The molecule has 1 N–H and O–H groups in total. The van der Waals surface area contributed by atoms with Crippen molar-refractivity contribution < 1.29 is 18.7 Å². The lowest BCUT2D eigenvalue weighted by Crippen LogP contribution is -2.29. The molecule has 0 aliphatic carbocycles. The van der Waals surface area contributed by atoms with Crippen molar-refractivity contribution in [2.45, 2.75) is 6.92 Å². The summed E-state index contributed by atoms with van der Waals surface area (Å²) < 4.78 is 9.42. The number of Topliss-reactive ketones (excluding diaryl/α,β-unsaturated/α-hetero) is 1. The van der Waals surface area contributed by atoms with Crippen molar-refractivity contribution >= 4 is 11.9 Å². The number of hydrogen-bond acceptors (Lipinski definition) is 4. The van der Waals surface area contributed by atoms with Crippen molar-refractivity contribution in [3.63, 3.8) is 0 Å². The molecule has 0 unspecified atom stereocenters. The number of ketones is 1. The van der Waals surface area contributed by atoms with Gasteiger partial charge in [0.15, 0.2) is 5.76 Å². The number of ether oxygens (including phenoxy) is 1. The minimum Gasteiger partial charge on any atom is -0.461 e. The van der Waals surface area contributed by atoms with Gasteiger partial charge in [-0.2, -0.15) is 0 Å². The zero-order valence-corrected chi connectivity index (χ0v) is 7.78. The average molecular weight is 197 g/mol. The molecule has 1 rings (SSSR count). The van der Waals surface area contributed by atoms with Crippen molar-refractivity contribution in [3.05, 3.63) is 24.2 Å². The van der Waals surface area contributed by atoms with Gasteiger partial charge in [0.25, 0.3) is 0 Å². The molecule has 0 aliphatic rings. The molecule has 0 fully saturated rings. The summed E-state index contributed by atoms with van der Waals surface area (Å²) in [5, 5.41) is 2.30. The third-order valence-corrected chi connectivity index (χ3v) is 1.46. The maximum atomic E-state index is 11.3. The van der Waals surface area contributed by atoms with Crippen molar-refractivity contribution in [2.75, 3.05) is 13.2 Å². The highest BCUT2D eigenvalue weighted by molar-refractivity contribution is 5.96. The van der Waals surface area contributed by atoms with E-state index in [0.29, 0.717) is 0 Å². The SMILES string of the molecule is CCOC(=O)NCC(=O)c1ccco1. The molecule has 76 valence electrons. The molecule has 0 spiro atoms. The van der Waals surface area contributed by atoms with Crippen molar-refractivity contribution in [1.29, 1.82) is 0 Å². The highest BCUT2D eigenvalue weighted by Gasteiger charge is 2.10. The Morgan fingerprint density at radius 1 is 1.57 bits per heavy atom. The quantitative estimate of drug-likeness (QED) is 0.736. The molecule has 0 radical (unpaired) electrons. The second kappa shape index (κ2) is 5.06. The molecule has 1 aromatic heterocycles. The molecule has 1 heterocycles. The predicted molar refractivity (Wildman–Crippen MR) is 48.1 cm³/mol. The van der Waals surface area contributed by atoms with E-state index in [1.807, 2.05) is 0 Å². The molecule has 5 nitrogen and oxygen atoms in total. The maximum Gasteiger partial charge on any atom is 0.407 e. The molecule has 1 aromatic rings. The van der Waals surface area contributed by atoms with Gasteiger partial charge in [-0.25, -0.2) is 4.79 Å². The normalized spacial score (nSPS) is 9.50. The van der Waals surface area contributed by atoms with E-state index < -0.39 is 6.09 Å². The van der Waals surface area contributed by atoms with Crippen molar-refractivity contribution in [2.24, 2.45) is 0 Å². The summed E-state index contributed by atoms with van der Waals surface area (Å²) in [4.78, 5) is 22.1. The van der Waals surface area contributed by atoms with Gasteiger partial charge in [0.05, 0.1) is 19.4 Å². The summed E-state index contributed by atoms with van der Waals surface area (Å²) in [6.07, 6.45) is 0.796. The first-order valence-corrected chi connectivity index (χ1v) is 4.21. The van der Waals surface area contributed by atoms with Crippen LogP contribution in [0.5, 0.6) is 0 Å². The number of amides is 1. The number of furan rings is 1. The van der Waals surface area contributed by atoms with Crippen molar-refractivity contribution in [1.82, 2.24) is 5.32 Å². The zero-order valence-electron chi connectivity index (χ0n) is 7.78. The molecule has 5 heteroatoms. The lowest BCUT2D eigenvalue weighted by atomic mass is 10.3. The predicted octanol–water partition coefficient (Wildman–Crippen LogP) is 1.21. The fraction of sp³-hybridized carbons (Fsp3) is 0.333. The average Bonchev–Trinajstić information content (AvgIpc) is 2.67. The Labute approximate surface area is 81.0 Å². The lowest BCUT2D eigenvalue weighted by Gasteiger charge is -2.02. The van der Waals surface area contributed by atoms with E-state index in [9.17, 15) is 9.59 Å². The second-order valence-corrected chi connectivity index (χ2v) is 2.47. The molecular formula is C9H11NO4. The lowest BCUT2D eigenvalue weighted by molar-refractivity contribution is 0.0953. The Bertz CT molecular complexity index is 305. The Morgan fingerprint density at radius 2 is 2.36 bits per heavy atom. The van der Waals surface area contributed by atoms with E-state index >= 15 is 0 Å². The zero-order chi connectivity index (χ0) is 10.4. The molecule has 0 saturated carbocycles. The van der Waals surface area contributed by atoms with E-state index in [1.54, 1.807) is 13.0 Å². The molecule has 0 saturated heterocycles. The summed E-state index contributed by atoms with van der Waals surface area (Å²) >= 11 is 0. The number of hydrogen-bond donors (Lipinski definition) is 1. The number of rotatable bonds is 4. The fourth-order valence-electron chi connectivity index (χ4n) is 0.859. The van der Waals surface area contributed by atoms with E-state index in [4.69, 9.17) is 4.42 Å². The third kappa shape index (κ3) is 2.93. The van der Waals surface area contributed by atoms with Gasteiger partial charge in [-0.15, -0.1) is 0 Å². The maximum absolute atomic E-state index is 11.3. The van der Waals surface area contributed by atoms with Crippen LogP contribution in [0.25, 0.3) is 0 Å². The highest BCUT2D eigenvalue weighted by atomic mass is 16.5. The van der Waals surface area contributed by atoms with Crippen LogP contribution < -0.4 is 5.32 Å². The summed E-state index contributed by atoms with van der Waals surface area (Å²) in [5.41, 5.74) is 0. The number of nitrogens with one attached hydrogen (secondary N) is 1. The van der Waals surface area contributed by atoms with Gasteiger partial charge in [-0.05, 0) is 19.1 Å². The monoisotopic (exact) mass is 197 g/mol. The summed E-state index contributed by atoms with van der Waals surface area (Å²) in [6, 6.07) is 3.15. The van der Waals surface area contributed by atoms with Crippen LogP contribution >= 0.6 is 0 Å². The molecular weight excluding hydrogens is 186 g/mol. The standard InChI is InChI=1S/C9H11NO4/c1-2-13-9(12)10-6-7(11)8-4-3-5-14-8/h3-5H,2,6H2,1H3,(H,10,12). The topological polar surface area (TPSA) is 68.5 Å². The summed E-state index contributed by atoms with van der Waals surface area (Å²) in [7, 11) is 0. The van der Waals surface area contributed by atoms with Gasteiger partial charge in [0.1, 0.15) is 0 Å². The van der Waals surface area contributed by atoms with Gasteiger partial charge < -0.3 is 14.5 Å². The summed E-state index contributed by atoms with van der Waals surface area (Å²) in [6.45, 7) is 1.85. The Balaban J connectivity index is 2.32. The Morgan fingerprint density at radius 3 is 2.93 bits per heavy atom. The van der Waals surface area contributed by atoms with Gasteiger partial charge in [-0.3, -0.25) is 4.79 Å². The van der Waals surface area contributed by atoms with Gasteiger partial charge in [0, 0.05) is 0 Å². The number of alkyl carbamates (subject to hydrolysis) is 1. The minimum absolute atomic E-state index is 0.119. The van der Waals surface area contributed by atoms with E-state index in [2.05, 4.69) is 10.1 Å². The number of carbonyl (C=O) groups is 2. The third-order valence-electron chi connectivity index (χ3n) is 1.46. The molecule has 0 aliphatic heterocycles. The van der Waals surface area contributed by atoms with Crippen LogP contribution in [0.4, 0.5) is 4.79 Å². The van der Waals surface area contributed by atoms with Crippen LogP contribution in [-0.2, 0) is 4.74 Å². The van der Waals surface area contributed by atoms with Gasteiger partial charge in [0.2, 0.25) is 5.78 Å². The van der Waals surface area contributed by atoms with E-state index in [0.717, 1.165) is 0 Å². The van der Waals surface area contributed by atoms with Crippen molar-refractivity contribution in [3.8, 4) is 0 Å². The number of carbonyl (C=O) groups excluding carboxylic acids is 2. The first kappa shape index (κ1) is 10.3. The van der Waals surface area contributed by atoms with Crippen LogP contribution in [0, 0.1) is 0 Å². The van der Waals surface area contributed by atoms with Crippen LogP contribution in [0.1, 0.15) is 17.5 Å². The first-order valence-electron chi connectivity index (χ1n) is 4.21. The van der Waals surface area contributed by atoms with Gasteiger partial charge in [-0.1, -0.05) is 0 Å². The molecule has 1 amide bonds. The molecule has 14 heavy (non-hydrogen) atoms. The second-order valence-electron chi connectivity index (χ2n) is 2.47. The summed E-state index contributed by atoms with van der Waals surface area (Å²) in [5.74, 6) is -0.0650. The van der Waals surface area contributed by atoms with Crippen LogP contribution in [0.3, 0.4) is 0 Å². The smallest absolute Gasteiger partial charge is 0.407 e. The first-order chi connectivity index (χ1) is 6.74.